The van der Waals surface area contributed by atoms with Crippen molar-refractivity contribution in [3.8, 4) is 5.75 Å². The van der Waals surface area contributed by atoms with Crippen LogP contribution < -0.4 is 4.74 Å². The Hall–Kier alpha value is -2.82. The number of rotatable bonds is 5. The molecule has 0 saturated carbocycles. The van der Waals surface area contributed by atoms with Gasteiger partial charge in [-0.2, -0.15) is 0 Å². The van der Waals surface area contributed by atoms with Crippen molar-refractivity contribution in [1.82, 2.24) is 4.90 Å². The third-order valence-electron chi connectivity index (χ3n) is 5.35. The van der Waals surface area contributed by atoms with E-state index in [1.807, 2.05) is 17.0 Å². The van der Waals surface area contributed by atoms with E-state index in [0.717, 1.165) is 22.4 Å². The van der Waals surface area contributed by atoms with Gasteiger partial charge in [0.25, 0.3) is 0 Å². The minimum absolute atomic E-state index is 0.0570. The third-order valence-corrected chi connectivity index (χ3v) is 5.35. The summed E-state index contributed by atoms with van der Waals surface area (Å²) in [5, 5.41) is 0. The van der Waals surface area contributed by atoms with E-state index in [9.17, 15) is 9.59 Å². The molecule has 1 aliphatic rings. The van der Waals surface area contributed by atoms with Crippen LogP contribution in [0.15, 0.2) is 36.4 Å². The van der Waals surface area contributed by atoms with E-state index in [-0.39, 0.29) is 5.91 Å². The number of carbonyl (C=O) groups is 2. The Morgan fingerprint density at radius 2 is 1.75 bits per heavy atom. The summed E-state index contributed by atoms with van der Waals surface area (Å²) in [6.07, 6.45) is 1.01. The van der Waals surface area contributed by atoms with Crippen LogP contribution in [0.4, 0.5) is 0 Å². The molecular weight excluding hydrogens is 354 g/mol. The monoisotopic (exact) mass is 381 g/mol. The maximum absolute atomic E-state index is 12.9. The van der Waals surface area contributed by atoms with E-state index in [0.29, 0.717) is 37.4 Å². The Morgan fingerprint density at radius 1 is 1.04 bits per heavy atom. The predicted molar refractivity (Wildman–Crippen MR) is 108 cm³/mol. The number of benzene rings is 2. The van der Waals surface area contributed by atoms with Crippen molar-refractivity contribution in [3.05, 3.63) is 64.2 Å². The highest BCUT2D eigenvalue weighted by Gasteiger charge is 2.27. The lowest BCUT2D eigenvalue weighted by Crippen LogP contribution is -2.38. The molecule has 5 nitrogen and oxygen atoms in total. The molecule has 1 aliphatic heterocycles. The molecule has 0 bridgehead atoms. The third kappa shape index (κ3) is 4.03. The molecule has 0 radical (unpaired) electrons. The average molecular weight is 381 g/mol. The van der Waals surface area contributed by atoms with Gasteiger partial charge in [-0.25, -0.2) is 4.79 Å². The fourth-order valence-electron chi connectivity index (χ4n) is 3.65. The maximum atomic E-state index is 12.9. The van der Waals surface area contributed by atoms with E-state index < -0.39 is 5.97 Å². The minimum atomic E-state index is -0.391. The molecule has 28 heavy (non-hydrogen) atoms. The van der Waals surface area contributed by atoms with E-state index in [1.165, 1.54) is 12.7 Å². The summed E-state index contributed by atoms with van der Waals surface area (Å²) >= 11 is 0. The Bertz CT molecular complexity index is 871. The molecule has 1 amide bonds. The number of hydrogen-bond acceptors (Lipinski definition) is 4. The summed E-state index contributed by atoms with van der Waals surface area (Å²) in [7, 11) is 2.98. The van der Waals surface area contributed by atoms with Crippen LogP contribution in [-0.4, -0.2) is 37.5 Å². The van der Waals surface area contributed by atoms with Gasteiger partial charge in [0.15, 0.2) is 0 Å². The molecule has 0 aromatic heterocycles. The van der Waals surface area contributed by atoms with Crippen LogP contribution in [0, 0.1) is 0 Å². The molecule has 0 unspecified atom stereocenters. The van der Waals surface area contributed by atoms with Crippen molar-refractivity contribution in [1.29, 1.82) is 0 Å². The topological polar surface area (TPSA) is 55.8 Å². The minimum Gasteiger partial charge on any atom is -0.496 e. The number of amides is 1. The van der Waals surface area contributed by atoms with Crippen molar-refractivity contribution in [3.63, 3.8) is 0 Å². The van der Waals surface area contributed by atoms with Crippen LogP contribution in [0.3, 0.4) is 0 Å². The van der Waals surface area contributed by atoms with Crippen molar-refractivity contribution < 1.29 is 19.1 Å². The lowest BCUT2D eigenvalue weighted by atomic mass is 9.93. The molecule has 2 aromatic rings. The highest BCUT2D eigenvalue weighted by atomic mass is 16.5. The first kappa shape index (κ1) is 19.9. The van der Waals surface area contributed by atoms with Crippen LogP contribution >= 0.6 is 0 Å². The van der Waals surface area contributed by atoms with Crippen LogP contribution in [-0.2, 0) is 28.9 Å². The normalized spacial score (nSPS) is 13.2. The van der Waals surface area contributed by atoms with Gasteiger partial charge >= 0.3 is 5.97 Å². The first-order chi connectivity index (χ1) is 13.4. The molecule has 2 aromatic carbocycles. The summed E-state index contributed by atoms with van der Waals surface area (Å²) in [5.41, 5.74) is 4.56. The largest absolute Gasteiger partial charge is 0.496 e. The number of fused-ring (bicyclic) bond motifs is 1. The first-order valence-corrected chi connectivity index (χ1v) is 9.58. The van der Waals surface area contributed by atoms with Crippen LogP contribution in [0.2, 0.25) is 0 Å². The van der Waals surface area contributed by atoms with E-state index in [4.69, 9.17) is 9.47 Å². The molecule has 0 N–H and O–H groups in total. The Balaban J connectivity index is 1.80. The molecule has 0 saturated heterocycles. The van der Waals surface area contributed by atoms with Gasteiger partial charge in [-0.05, 0) is 41.2 Å². The summed E-state index contributed by atoms with van der Waals surface area (Å²) in [4.78, 5) is 26.9. The van der Waals surface area contributed by atoms with Gasteiger partial charge in [-0.3, -0.25) is 4.79 Å². The summed E-state index contributed by atoms with van der Waals surface area (Å²) in [5.74, 6) is 0.883. The standard InChI is InChI=1S/C23H27NO4/c1-15(2)17-7-5-16(6-8-17)13-22(25)24-12-11-18-20(14-24)19(23(26)28-4)9-10-21(18)27-3/h5-10,15H,11-14H2,1-4H3. The summed E-state index contributed by atoms with van der Waals surface area (Å²) in [6, 6.07) is 11.7. The average Bonchev–Trinajstić information content (AvgIpc) is 2.72. The van der Waals surface area contributed by atoms with Gasteiger partial charge in [0, 0.05) is 18.7 Å². The fourth-order valence-corrected chi connectivity index (χ4v) is 3.65. The van der Waals surface area contributed by atoms with Gasteiger partial charge in [0.05, 0.1) is 26.2 Å². The molecule has 148 valence electrons. The van der Waals surface area contributed by atoms with Crippen LogP contribution in [0.25, 0.3) is 0 Å². The Labute approximate surface area is 166 Å². The van der Waals surface area contributed by atoms with Crippen molar-refractivity contribution in [2.24, 2.45) is 0 Å². The second kappa shape index (κ2) is 8.46. The summed E-state index contributed by atoms with van der Waals surface area (Å²) < 4.78 is 10.4. The first-order valence-electron chi connectivity index (χ1n) is 9.58. The number of nitrogens with zero attached hydrogens (tertiary/aromatic N) is 1. The Morgan fingerprint density at radius 3 is 2.36 bits per heavy atom. The van der Waals surface area contributed by atoms with Gasteiger partial charge in [-0.1, -0.05) is 38.1 Å². The lowest BCUT2D eigenvalue weighted by molar-refractivity contribution is -0.131. The highest BCUT2D eigenvalue weighted by molar-refractivity contribution is 5.92. The van der Waals surface area contributed by atoms with Crippen molar-refractivity contribution >= 4 is 11.9 Å². The number of hydrogen-bond donors (Lipinski definition) is 0. The second-order valence-electron chi connectivity index (χ2n) is 7.40. The predicted octanol–water partition coefficient (Wildman–Crippen LogP) is 3.73. The lowest BCUT2D eigenvalue weighted by Gasteiger charge is -2.31. The van der Waals surface area contributed by atoms with Crippen LogP contribution in [0.1, 0.15) is 52.4 Å². The number of esters is 1. The zero-order chi connectivity index (χ0) is 20.3. The van der Waals surface area contributed by atoms with E-state index in [1.54, 1.807) is 19.2 Å². The highest BCUT2D eigenvalue weighted by Crippen LogP contribution is 2.31. The van der Waals surface area contributed by atoms with Gasteiger partial charge in [0.1, 0.15) is 5.75 Å². The van der Waals surface area contributed by atoms with E-state index >= 15 is 0 Å². The second-order valence-corrected chi connectivity index (χ2v) is 7.40. The maximum Gasteiger partial charge on any atom is 0.338 e. The van der Waals surface area contributed by atoms with Gasteiger partial charge < -0.3 is 14.4 Å². The van der Waals surface area contributed by atoms with Crippen molar-refractivity contribution in [2.45, 2.75) is 39.2 Å². The zero-order valence-corrected chi connectivity index (χ0v) is 17.0. The van der Waals surface area contributed by atoms with E-state index in [2.05, 4.69) is 26.0 Å². The molecule has 0 spiro atoms. The molecule has 5 heteroatoms. The van der Waals surface area contributed by atoms with Gasteiger partial charge in [0.2, 0.25) is 5.91 Å². The molecule has 1 heterocycles. The smallest absolute Gasteiger partial charge is 0.338 e. The molecule has 0 atom stereocenters. The fraction of sp³-hybridized carbons (Fsp3) is 0.391. The summed E-state index contributed by atoms with van der Waals surface area (Å²) in [6.45, 7) is 5.30. The Kier molecular flexibility index (Phi) is 6.02. The number of ether oxygens (including phenoxy) is 2. The van der Waals surface area contributed by atoms with Crippen molar-refractivity contribution in [2.75, 3.05) is 20.8 Å². The molecule has 3 rings (SSSR count). The molecular formula is C23H27NO4. The molecule has 0 fully saturated rings. The van der Waals surface area contributed by atoms with Crippen LogP contribution in [0.5, 0.6) is 5.75 Å². The number of methoxy groups -OCH3 is 2. The quantitative estimate of drug-likeness (QED) is 0.741. The zero-order valence-electron chi connectivity index (χ0n) is 17.0. The van der Waals surface area contributed by atoms with Gasteiger partial charge in [-0.15, -0.1) is 0 Å². The number of carbonyl (C=O) groups excluding carboxylic acids is 2. The molecule has 0 aliphatic carbocycles. The SMILES string of the molecule is COC(=O)c1ccc(OC)c2c1CN(C(=O)Cc1ccc(C(C)C)cc1)CC2.